The Bertz CT molecular complexity index is 921. The van der Waals surface area contributed by atoms with E-state index >= 15 is 0 Å². The van der Waals surface area contributed by atoms with Gasteiger partial charge >= 0.3 is 6.18 Å². The topological polar surface area (TPSA) is 66.9 Å². The van der Waals surface area contributed by atoms with Crippen molar-refractivity contribution in [1.82, 2.24) is 10.2 Å². The molecule has 27 heavy (non-hydrogen) atoms. The Labute approximate surface area is 153 Å². The van der Waals surface area contributed by atoms with Gasteiger partial charge in [0.2, 0.25) is 0 Å². The molecule has 3 rings (SSSR count). The number of hydrogen-bond acceptors (Lipinski definition) is 4. The number of amides is 1. The second-order valence-electron chi connectivity index (χ2n) is 5.79. The van der Waals surface area contributed by atoms with E-state index in [9.17, 15) is 18.0 Å². The van der Waals surface area contributed by atoms with Gasteiger partial charge in [-0.2, -0.15) is 18.3 Å². The van der Waals surface area contributed by atoms with Crippen molar-refractivity contribution >= 4 is 23.1 Å². The van der Waals surface area contributed by atoms with Crippen LogP contribution in [-0.2, 0) is 6.18 Å². The van der Waals surface area contributed by atoms with E-state index in [0.717, 1.165) is 35.6 Å². The number of rotatable bonds is 4. The largest absolute Gasteiger partial charge is 0.416 e. The third-order valence-electron chi connectivity index (χ3n) is 3.69. The highest BCUT2D eigenvalue weighted by Gasteiger charge is 2.30. The Morgan fingerprint density at radius 1 is 0.852 bits per heavy atom. The van der Waals surface area contributed by atoms with Gasteiger partial charge in [0.15, 0.2) is 5.82 Å². The standard InChI is InChI=1S/C19H15F3N4O/c1-12-2-11-17(26-25-12)23-15-7-9-16(10-8-15)24-18(27)13-3-5-14(6-4-13)19(20,21)22/h2-11H,1H3,(H,23,26)(H,24,27). The summed E-state index contributed by atoms with van der Waals surface area (Å²) in [4.78, 5) is 12.2. The third kappa shape index (κ3) is 4.81. The third-order valence-corrected chi connectivity index (χ3v) is 3.69. The van der Waals surface area contributed by atoms with Crippen LogP contribution in [0.5, 0.6) is 0 Å². The molecule has 5 nitrogen and oxygen atoms in total. The van der Waals surface area contributed by atoms with Gasteiger partial charge in [-0.05, 0) is 67.6 Å². The summed E-state index contributed by atoms with van der Waals surface area (Å²) in [5.74, 6) is 0.0935. The lowest BCUT2D eigenvalue weighted by Crippen LogP contribution is -2.12. The van der Waals surface area contributed by atoms with E-state index in [1.54, 1.807) is 30.3 Å². The van der Waals surface area contributed by atoms with Crippen molar-refractivity contribution in [3.05, 3.63) is 77.5 Å². The monoisotopic (exact) mass is 372 g/mol. The zero-order valence-corrected chi connectivity index (χ0v) is 14.2. The molecule has 0 fully saturated rings. The second-order valence-corrected chi connectivity index (χ2v) is 5.79. The Balaban J connectivity index is 1.63. The van der Waals surface area contributed by atoms with Crippen LogP contribution in [-0.4, -0.2) is 16.1 Å². The van der Waals surface area contributed by atoms with Gasteiger partial charge in [0.1, 0.15) is 0 Å². The zero-order chi connectivity index (χ0) is 19.4. The van der Waals surface area contributed by atoms with E-state index in [1.165, 1.54) is 0 Å². The minimum atomic E-state index is -4.43. The molecule has 0 saturated carbocycles. The Hall–Kier alpha value is -3.42. The number of anilines is 3. The molecule has 0 spiro atoms. The number of benzene rings is 2. The van der Waals surface area contributed by atoms with Gasteiger partial charge in [0.05, 0.1) is 11.3 Å². The molecule has 0 bridgehead atoms. The summed E-state index contributed by atoms with van der Waals surface area (Å²) in [6.07, 6.45) is -4.43. The molecular weight excluding hydrogens is 357 g/mol. The van der Waals surface area contributed by atoms with Crippen molar-refractivity contribution in [2.24, 2.45) is 0 Å². The first kappa shape index (κ1) is 18.4. The maximum Gasteiger partial charge on any atom is 0.416 e. The first-order valence-electron chi connectivity index (χ1n) is 7.97. The van der Waals surface area contributed by atoms with E-state index < -0.39 is 17.6 Å². The SMILES string of the molecule is Cc1ccc(Nc2ccc(NC(=O)c3ccc(C(F)(F)F)cc3)cc2)nn1. The number of carbonyl (C=O) groups is 1. The molecule has 1 heterocycles. The molecule has 0 atom stereocenters. The number of hydrogen-bond donors (Lipinski definition) is 2. The average Bonchev–Trinajstić information content (AvgIpc) is 2.64. The van der Waals surface area contributed by atoms with Gasteiger partial charge in [-0.3, -0.25) is 4.79 Å². The normalized spacial score (nSPS) is 11.1. The second kappa shape index (κ2) is 7.45. The number of halogens is 3. The summed E-state index contributed by atoms with van der Waals surface area (Å²) in [6, 6.07) is 14.5. The molecule has 0 radical (unpaired) electrons. The van der Waals surface area contributed by atoms with Crippen LogP contribution in [0.1, 0.15) is 21.6 Å². The Kier molecular flexibility index (Phi) is 5.07. The van der Waals surface area contributed by atoms with E-state index in [-0.39, 0.29) is 5.56 Å². The molecule has 1 aromatic heterocycles. The molecule has 0 unspecified atom stereocenters. The predicted molar refractivity (Wildman–Crippen MR) is 95.9 cm³/mol. The van der Waals surface area contributed by atoms with E-state index in [4.69, 9.17) is 0 Å². The van der Waals surface area contributed by atoms with Crippen molar-refractivity contribution in [3.63, 3.8) is 0 Å². The van der Waals surface area contributed by atoms with Crippen molar-refractivity contribution in [3.8, 4) is 0 Å². The summed E-state index contributed by atoms with van der Waals surface area (Å²) in [7, 11) is 0. The molecule has 0 aliphatic carbocycles. The van der Waals surface area contributed by atoms with Gasteiger partial charge < -0.3 is 10.6 Å². The zero-order valence-electron chi connectivity index (χ0n) is 14.2. The average molecular weight is 372 g/mol. The van der Waals surface area contributed by atoms with Crippen LogP contribution in [0.15, 0.2) is 60.7 Å². The molecule has 1 amide bonds. The summed E-state index contributed by atoms with van der Waals surface area (Å²) >= 11 is 0. The van der Waals surface area contributed by atoms with Crippen LogP contribution in [0.4, 0.5) is 30.4 Å². The van der Waals surface area contributed by atoms with Gasteiger partial charge in [-0.25, -0.2) is 0 Å². The first-order valence-corrected chi connectivity index (χ1v) is 7.97. The van der Waals surface area contributed by atoms with Gasteiger partial charge in [0, 0.05) is 16.9 Å². The van der Waals surface area contributed by atoms with E-state index in [2.05, 4.69) is 20.8 Å². The number of aromatic nitrogens is 2. The predicted octanol–water partition coefficient (Wildman–Crippen LogP) is 4.80. The number of alkyl halides is 3. The molecule has 0 aliphatic heterocycles. The number of nitrogens with one attached hydrogen (secondary N) is 2. The molecule has 2 aromatic carbocycles. The van der Waals surface area contributed by atoms with Crippen LogP contribution in [0, 0.1) is 6.92 Å². The molecular formula is C19H15F3N4O. The quantitative estimate of drug-likeness (QED) is 0.690. The lowest BCUT2D eigenvalue weighted by Gasteiger charge is -2.09. The maximum absolute atomic E-state index is 12.6. The highest BCUT2D eigenvalue weighted by molar-refractivity contribution is 6.04. The fourth-order valence-corrected chi connectivity index (χ4v) is 2.26. The lowest BCUT2D eigenvalue weighted by molar-refractivity contribution is -0.137. The smallest absolute Gasteiger partial charge is 0.339 e. The Morgan fingerprint density at radius 3 is 2.04 bits per heavy atom. The van der Waals surface area contributed by atoms with Crippen LogP contribution >= 0.6 is 0 Å². The molecule has 138 valence electrons. The van der Waals surface area contributed by atoms with Crippen LogP contribution in [0.25, 0.3) is 0 Å². The van der Waals surface area contributed by atoms with Crippen molar-refractivity contribution in [2.75, 3.05) is 10.6 Å². The minimum absolute atomic E-state index is 0.139. The highest BCUT2D eigenvalue weighted by Crippen LogP contribution is 2.29. The molecule has 2 N–H and O–H groups in total. The van der Waals surface area contributed by atoms with Crippen LogP contribution in [0.2, 0.25) is 0 Å². The highest BCUT2D eigenvalue weighted by atomic mass is 19.4. The number of aryl methyl sites for hydroxylation is 1. The molecule has 0 saturated heterocycles. The summed E-state index contributed by atoms with van der Waals surface area (Å²) in [5.41, 5.74) is 1.41. The van der Waals surface area contributed by atoms with Crippen LogP contribution in [0.3, 0.4) is 0 Å². The van der Waals surface area contributed by atoms with Gasteiger partial charge in [0.25, 0.3) is 5.91 Å². The van der Waals surface area contributed by atoms with E-state index in [0.29, 0.717) is 11.5 Å². The maximum atomic E-state index is 12.6. The lowest BCUT2D eigenvalue weighted by atomic mass is 10.1. The number of carbonyl (C=O) groups excluding carboxylic acids is 1. The number of nitrogens with zero attached hydrogens (tertiary/aromatic N) is 2. The summed E-state index contributed by atoms with van der Waals surface area (Å²) in [6.45, 7) is 1.84. The first-order chi connectivity index (χ1) is 12.8. The van der Waals surface area contributed by atoms with Crippen LogP contribution < -0.4 is 10.6 Å². The fraction of sp³-hybridized carbons (Fsp3) is 0.105. The van der Waals surface area contributed by atoms with E-state index in [1.807, 2.05) is 13.0 Å². The van der Waals surface area contributed by atoms with Gasteiger partial charge in [-0.1, -0.05) is 0 Å². The summed E-state index contributed by atoms with van der Waals surface area (Å²) < 4.78 is 37.7. The van der Waals surface area contributed by atoms with Crippen molar-refractivity contribution in [1.29, 1.82) is 0 Å². The fourth-order valence-electron chi connectivity index (χ4n) is 2.26. The minimum Gasteiger partial charge on any atom is -0.339 e. The molecule has 3 aromatic rings. The van der Waals surface area contributed by atoms with Crippen molar-refractivity contribution in [2.45, 2.75) is 13.1 Å². The molecule has 8 heteroatoms. The summed E-state index contributed by atoms with van der Waals surface area (Å²) in [5, 5.41) is 13.7. The molecule has 0 aliphatic rings. The Morgan fingerprint density at radius 2 is 1.48 bits per heavy atom. The van der Waals surface area contributed by atoms with Gasteiger partial charge in [-0.15, -0.1) is 5.10 Å². The van der Waals surface area contributed by atoms with Crippen molar-refractivity contribution < 1.29 is 18.0 Å².